The van der Waals surface area contributed by atoms with Crippen molar-refractivity contribution in [1.29, 1.82) is 0 Å². The van der Waals surface area contributed by atoms with Crippen molar-refractivity contribution in [3.05, 3.63) is 35.1 Å². The van der Waals surface area contributed by atoms with E-state index in [1.54, 1.807) is 19.1 Å². The van der Waals surface area contributed by atoms with Crippen molar-refractivity contribution in [1.82, 2.24) is 4.90 Å². The van der Waals surface area contributed by atoms with Gasteiger partial charge in [-0.2, -0.15) is 0 Å². The Morgan fingerprint density at radius 1 is 1.15 bits per heavy atom. The molecule has 3 rings (SSSR count). The van der Waals surface area contributed by atoms with Gasteiger partial charge in [-0.3, -0.25) is 4.79 Å². The number of hydrogen-bond donors (Lipinski definition) is 0. The van der Waals surface area contributed by atoms with Gasteiger partial charge in [-0.1, -0.05) is 12.1 Å². The molecule has 2 aliphatic heterocycles. The van der Waals surface area contributed by atoms with Crippen LogP contribution in [0, 0.1) is 18.7 Å². The van der Waals surface area contributed by atoms with E-state index in [4.69, 9.17) is 4.74 Å². The van der Waals surface area contributed by atoms with E-state index in [9.17, 15) is 14.0 Å². The molecule has 5 heteroatoms. The number of amides is 1. The predicted molar refractivity (Wildman–Crippen MR) is 97.7 cm³/mol. The van der Waals surface area contributed by atoms with Crippen molar-refractivity contribution in [2.24, 2.45) is 5.92 Å². The van der Waals surface area contributed by atoms with E-state index in [2.05, 4.69) is 0 Å². The molecule has 4 nitrogen and oxygen atoms in total. The Kier molecular flexibility index (Phi) is 5.09. The Morgan fingerprint density at radius 3 is 2.31 bits per heavy atom. The van der Waals surface area contributed by atoms with E-state index in [1.807, 2.05) is 25.7 Å². The number of ketones is 1. The van der Waals surface area contributed by atoms with Gasteiger partial charge in [-0.15, -0.1) is 0 Å². The zero-order valence-electron chi connectivity index (χ0n) is 16.0. The monoisotopic (exact) mass is 361 g/mol. The number of ether oxygens (including phenoxy) is 1. The number of nitrogens with zero attached hydrogens (tertiary/aromatic N) is 1. The lowest BCUT2D eigenvalue weighted by molar-refractivity contribution is -0.0261. The van der Waals surface area contributed by atoms with Crippen LogP contribution in [0.15, 0.2) is 18.2 Å². The third-order valence-corrected chi connectivity index (χ3v) is 5.42. The maximum Gasteiger partial charge on any atom is 0.410 e. The summed E-state index contributed by atoms with van der Waals surface area (Å²) in [4.78, 5) is 27.5. The summed E-state index contributed by atoms with van der Waals surface area (Å²) in [5.74, 6) is -0.810. The van der Waals surface area contributed by atoms with Gasteiger partial charge in [-0.05, 0) is 71.4 Å². The van der Waals surface area contributed by atoms with Crippen LogP contribution < -0.4 is 0 Å². The zero-order chi connectivity index (χ0) is 19.1. The molecule has 2 fully saturated rings. The number of hydrogen-bond acceptors (Lipinski definition) is 3. The lowest BCUT2D eigenvalue weighted by atomic mass is 9.75. The Balaban J connectivity index is 1.79. The van der Waals surface area contributed by atoms with Crippen LogP contribution in [0.5, 0.6) is 0 Å². The Bertz CT molecular complexity index is 675. The molecular weight excluding hydrogens is 333 g/mol. The highest BCUT2D eigenvalue weighted by molar-refractivity contribution is 5.99. The topological polar surface area (TPSA) is 46.6 Å². The van der Waals surface area contributed by atoms with Gasteiger partial charge in [0.1, 0.15) is 11.4 Å². The molecule has 2 saturated heterocycles. The smallest absolute Gasteiger partial charge is 0.410 e. The summed E-state index contributed by atoms with van der Waals surface area (Å²) in [6.07, 6.45) is 3.67. The maximum absolute atomic E-state index is 14.2. The Labute approximate surface area is 154 Å². The van der Waals surface area contributed by atoms with Crippen LogP contribution in [0.1, 0.15) is 68.8 Å². The van der Waals surface area contributed by atoms with Crippen LogP contribution in [0.4, 0.5) is 9.18 Å². The number of carbonyl (C=O) groups excluding carboxylic acids is 2. The number of rotatable bonds is 2. The number of piperidine rings is 2. The molecule has 2 atom stereocenters. The van der Waals surface area contributed by atoms with Gasteiger partial charge in [-0.25, -0.2) is 9.18 Å². The van der Waals surface area contributed by atoms with Gasteiger partial charge in [0.25, 0.3) is 0 Å². The fraction of sp³-hybridized carbons (Fsp3) is 0.619. The largest absolute Gasteiger partial charge is 0.444 e. The first-order valence-corrected chi connectivity index (χ1v) is 9.48. The van der Waals surface area contributed by atoms with Gasteiger partial charge >= 0.3 is 6.09 Å². The maximum atomic E-state index is 14.2. The highest BCUT2D eigenvalue weighted by Gasteiger charge is 2.44. The van der Waals surface area contributed by atoms with E-state index in [-0.39, 0.29) is 35.4 Å². The number of fused-ring (bicyclic) bond motifs is 2. The number of Topliss-reactive ketones (excluding diaryl/α,β-unsaturated/α-hetero) is 1. The van der Waals surface area contributed by atoms with Gasteiger partial charge in [0, 0.05) is 18.0 Å². The molecule has 1 amide bonds. The van der Waals surface area contributed by atoms with Crippen molar-refractivity contribution in [2.45, 2.75) is 77.5 Å². The van der Waals surface area contributed by atoms with Crippen molar-refractivity contribution < 1.29 is 18.7 Å². The van der Waals surface area contributed by atoms with Crippen molar-refractivity contribution in [3.63, 3.8) is 0 Å². The van der Waals surface area contributed by atoms with Crippen LogP contribution in [0.25, 0.3) is 0 Å². The molecular formula is C21H28FNO3. The summed E-state index contributed by atoms with van der Waals surface area (Å²) < 4.78 is 19.8. The first-order chi connectivity index (χ1) is 12.2. The molecule has 0 saturated carbocycles. The molecule has 0 aromatic heterocycles. The van der Waals surface area contributed by atoms with E-state index in [1.165, 1.54) is 6.07 Å². The third-order valence-electron chi connectivity index (χ3n) is 5.42. The normalized spacial score (nSPS) is 25.7. The van der Waals surface area contributed by atoms with Gasteiger partial charge in [0.05, 0.1) is 5.56 Å². The fourth-order valence-electron chi connectivity index (χ4n) is 4.36. The molecule has 26 heavy (non-hydrogen) atoms. The second-order valence-corrected chi connectivity index (χ2v) is 8.59. The Hall–Kier alpha value is -1.91. The lowest BCUT2D eigenvalue weighted by Gasteiger charge is -2.48. The van der Waals surface area contributed by atoms with E-state index in [0.717, 1.165) is 19.3 Å². The van der Waals surface area contributed by atoms with Crippen LogP contribution in [-0.2, 0) is 4.74 Å². The van der Waals surface area contributed by atoms with Crippen molar-refractivity contribution >= 4 is 11.9 Å². The Morgan fingerprint density at radius 2 is 1.77 bits per heavy atom. The molecule has 0 aliphatic carbocycles. The van der Waals surface area contributed by atoms with Crippen LogP contribution in [-0.4, -0.2) is 34.5 Å². The number of aryl methyl sites for hydroxylation is 1. The van der Waals surface area contributed by atoms with Crippen LogP contribution in [0.2, 0.25) is 0 Å². The first kappa shape index (κ1) is 18.9. The highest BCUT2D eigenvalue weighted by Crippen LogP contribution is 2.39. The zero-order valence-corrected chi connectivity index (χ0v) is 16.0. The van der Waals surface area contributed by atoms with Gasteiger partial charge in [0.15, 0.2) is 5.78 Å². The molecule has 2 heterocycles. The average molecular weight is 361 g/mol. The van der Waals surface area contributed by atoms with Crippen molar-refractivity contribution in [3.8, 4) is 0 Å². The van der Waals surface area contributed by atoms with Crippen LogP contribution in [0.3, 0.4) is 0 Å². The second-order valence-electron chi connectivity index (χ2n) is 8.59. The molecule has 1 aromatic rings. The van der Waals surface area contributed by atoms with Gasteiger partial charge in [0.2, 0.25) is 0 Å². The summed E-state index contributed by atoms with van der Waals surface area (Å²) in [7, 11) is 0. The minimum absolute atomic E-state index is 0.00150. The molecule has 2 unspecified atom stereocenters. The summed E-state index contributed by atoms with van der Waals surface area (Å²) in [6.45, 7) is 7.35. The van der Waals surface area contributed by atoms with Gasteiger partial charge < -0.3 is 9.64 Å². The van der Waals surface area contributed by atoms with Crippen molar-refractivity contribution in [2.75, 3.05) is 0 Å². The number of carbonyl (C=O) groups is 2. The third kappa shape index (κ3) is 3.76. The molecule has 142 valence electrons. The fourth-order valence-corrected chi connectivity index (χ4v) is 4.36. The number of benzene rings is 1. The van der Waals surface area contributed by atoms with E-state index < -0.39 is 11.4 Å². The molecule has 0 spiro atoms. The first-order valence-electron chi connectivity index (χ1n) is 9.48. The van der Waals surface area contributed by atoms with E-state index >= 15 is 0 Å². The predicted octanol–water partition coefficient (Wildman–Crippen LogP) is 4.89. The van der Waals surface area contributed by atoms with Crippen LogP contribution >= 0.6 is 0 Å². The average Bonchev–Trinajstić information content (AvgIpc) is 2.51. The molecule has 0 radical (unpaired) electrons. The second kappa shape index (κ2) is 7.01. The SMILES string of the molecule is Cc1cccc(F)c1C(=O)C1CC2CCCC(C1)N2C(=O)OC(C)(C)C. The summed E-state index contributed by atoms with van der Waals surface area (Å²) >= 11 is 0. The minimum atomic E-state index is -0.539. The van der Waals surface area contributed by atoms with E-state index in [0.29, 0.717) is 18.4 Å². The summed E-state index contributed by atoms with van der Waals surface area (Å²) in [6, 6.07) is 4.74. The molecule has 2 bridgehead atoms. The molecule has 0 N–H and O–H groups in total. The minimum Gasteiger partial charge on any atom is -0.444 e. The molecule has 1 aromatic carbocycles. The standard InChI is InChI=1S/C21H28FNO3/c1-13-7-5-10-17(22)18(13)19(24)14-11-15-8-6-9-16(12-14)23(15)20(25)26-21(2,3)4/h5,7,10,14-16H,6,8-9,11-12H2,1-4H3. The highest BCUT2D eigenvalue weighted by atomic mass is 19.1. The summed E-state index contributed by atoms with van der Waals surface area (Å²) in [5.41, 5.74) is 0.346. The summed E-state index contributed by atoms with van der Waals surface area (Å²) in [5, 5.41) is 0. The molecule has 2 aliphatic rings. The quantitative estimate of drug-likeness (QED) is 0.705. The lowest BCUT2D eigenvalue weighted by Crippen LogP contribution is -2.56. The number of halogens is 1.